The summed E-state index contributed by atoms with van der Waals surface area (Å²) in [5.41, 5.74) is 0.141. The first kappa shape index (κ1) is 11.2. The molecule has 1 rings (SSSR count). The third-order valence-corrected chi connectivity index (χ3v) is 2.85. The Morgan fingerprint density at radius 2 is 1.93 bits per heavy atom. The number of Topliss-reactive ketones (excluding diaryl/α,β-unsaturated/α-hetero) is 1. The minimum Gasteiger partial charge on any atom is -0.295 e. The van der Waals surface area contributed by atoms with E-state index < -0.39 is 16.4 Å². The third-order valence-electron chi connectivity index (χ3n) is 1.72. The highest BCUT2D eigenvalue weighted by Gasteiger charge is 2.12. The van der Waals surface area contributed by atoms with Gasteiger partial charge in [0.2, 0.25) is 0 Å². The summed E-state index contributed by atoms with van der Waals surface area (Å²) in [5, 5.41) is 0. The van der Waals surface area contributed by atoms with Gasteiger partial charge in [-0.3, -0.25) is 13.9 Å². The SMILES string of the molecule is CC(=O)c1cc(F)cc(S(C)(O)O)c1. The molecular weight excluding hydrogens is 207 g/mol. The van der Waals surface area contributed by atoms with Crippen molar-refractivity contribution in [2.45, 2.75) is 11.8 Å². The van der Waals surface area contributed by atoms with Crippen molar-refractivity contribution in [3.8, 4) is 0 Å². The summed E-state index contributed by atoms with van der Waals surface area (Å²) in [6, 6.07) is 3.37. The molecule has 2 N–H and O–H groups in total. The van der Waals surface area contributed by atoms with Crippen molar-refractivity contribution in [1.82, 2.24) is 0 Å². The molecule has 1 aromatic rings. The van der Waals surface area contributed by atoms with Crippen molar-refractivity contribution in [3.05, 3.63) is 29.6 Å². The number of halogens is 1. The molecule has 5 heteroatoms. The van der Waals surface area contributed by atoms with E-state index in [0.717, 1.165) is 12.1 Å². The second kappa shape index (κ2) is 3.68. The van der Waals surface area contributed by atoms with Crippen LogP contribution >= 0.6 is 10.6 Å². The van der Waals surface area contributed by atoms with Crippen LogP contribution in [0.25, 0.3) is 0 Å². The summed E-state index contributed by atoms with van der Waals surface area (Å²) >= 11 is 0. The fraction of sp³-hybridized carbons (Fsp3) is 0.222. The van der Waals surface area contributed by atoms with E-state index in [1.807, 2.05) is 0 Å². The summed E-state index contributed by atoms with van der Waals surface area (Å²) in [5.74, 6) is -0.955. The normalized spacial score (nSPS) is 12.6. The van der Waals surface area contributed by atoms with Crippen molar-refractivity contribution in [1.29, 1.82) is 0 Å². The van der Waals surface area contributed by atoms with Crippen LogP contribution in [0.1, 0.15) is 17.3 Å². The van der Waals surface area contributed by atoms with E-state index in [2.05, 4.69) is 0 Å². The molecule has 0 fully saturated rings. The van der Waals surface area contributed by atoms with Crippen LogP contribution in [0.15, 0.2) is 23.1 Å². The molecule has 0 spiro atoms. The van der Waals surface area contributed by atoms with Gasteiger partial charge >= 0.3 is 0 Å². The first-order valence-corrected chi connectivity index (χ1v) is 5.81. The fourth-order valence-corrected chi connectivity index (χ4v) is 1.68. The Morgan fingerprint density at radius 3 is 2.36 bits per heavy atom. The molecule has 0 saturated heterocycles. The Labute approximate surface area is 82.9 Å². The molecule has 1 aromatic carbocycles. The van der Waals surface area contributed by atoms with Crippen LogP contribution in [0.5, 0.6) is 0 Å². The maximum absolute atomic E-state index is 13.0. The number of hydrogen-bond acceptors (Lipinski definition) is 3. The molecule has 3 nitrogen and oxygen atoms in total. The lowest BCUT2D eigenvalue weighted by Gasteiger charge is -2.27. The standard InChI is InChI=1S/C9H11FO3S/c1-6(11)7-3-8(10)5-9(4-7)14(2,12)13/h3-5,12-13H,1-2H3. The first-order chi connectivity index (χ1) is 6.30. The smallest absolute Gasteiger partial charge is 0.159 e. The van der Waals surface area contributed by atoms with Crippen LogP contribution in [0.4, 0.5) is 4.39 Å². The largest absolute Gasteiger partial charge is 0.295 e. The van der Waals surface area contributed by atoms with Crippen LogP contribution in [-0.2, 0) is 0 Å². The van der Waals surface area contributed by atoms with E-state index in [4.69, 9.17) is 0 Å². The molecule has 0 unspecified atom stereocenters. The maximum Gasteiger partial charge on any atom is 0.159 e. The van der Waals surface area contributed by atoms with Gasteiger partial charge in [0.05, 0.1) is 4.90 Å². The minimum atomic E-state index is -2.97. The van der Waals surface area contributed by atoms with Crippen LogP contribution in [0.2, 0.25) is 0 Å². The minimum absolute atomic E-state index is 0.0442. The number of carbonyl (C=O) groups excluding carboxylic acids is 1. The molecule has 0 saturated carbocycles. The first-order valence-electron chi connectivity index (χ1n) is 3.85. The van der Waals surface area contributed by atoms with E-state index in [-0.39, 0.29) is 16.2 Å². The number of benzene rings is 1. The van der Waals surface area contributed by atoms with Gasteiger partial charge in [-0.25, -0.2) is 4.39 Å². The maximum atomic E-state index is 13.0. The van der Waals surface area contributed by atoms with Gasteiger partial charge in [-0.15, -0.1) is 0 Å². The summed E-state index contributed by atoms with van der Waals surface area (Å²) in [6.45, 7) is 1.29. The summed E-state index contributed by atoms with van der Waals surface area (Å²) in [6.07, 6.45) is 1.19. The van der Waals surface area contributed by atoms with Gasteiger partial charge in [0.1, 0.15) is 5.82 Å². The number of rotatable bonds is 2. The van der Waals surface area contributed by atoms with E-state index in [1.54, 1.807) is 0 Å². The van der Waals surface area contributed by atoms with Crippen LogP contribution in [0, 0.1) is 5.82 Å². The molecule has 0 bridgehead atoms. The monoisotopic (exact) mass is 218 g/mol. The lowest BCUT2D eigenvalue weighted by atomic mass is 10.1. The molecule has 14 heavy (non-hydrogen) atoms. The second-order valence-electron chi connectivity index (χ2n) is 3.07. The molecule has 0 aliphatic carbocycles. The van der Waals surface area contributed by atoms with Gasteiger partial charge in [-0.2, -0.15) is 10.6 Å². The average molecular weight is 218 g/mol. The van der Waals surface area contributed by atoms with Crippen LogP contribution in [-0.4, -0.2) is 21.1 Å². The molecule has 0 aliphatic rings. The van der Waals surface area contributed by atoms with Crippen molar-refractivity contribution in [2.24, 2.45) is 0 Å². The van der Waals surface area contributed by atoms with E-state index in [1.165, 1.54) is 19.2 Å². The highest BCUT2D eigenvalue weighted by atomic mass is 32.3. The number of ketones is 1. The van der Waals surface area contributed by atoms with Gasteiger partial charge < -0.3 is 0 Å². The van der Waals surface area contributed by atoms with Gasteiger partial charge in [-0.1, -0.05) is 0 Å². The van der Waals surface area contributed by atoms with Crippen molar-refractivity contribution in [3.63, 3.8) is 0 Å². The molecule has 0 heterocycles. The second-order valence-corrected chi connectivity index (χ2v) is 5.20. The van der Waals surface area contributed by atoms with Gasteiger partial charge in [-0.05, 0) is 25.1 Å². The average Bonchev–Trinajstić information content (AvgIpc) is 2.01. The van der Waals surface area contributed by atoms with Gasteiger partial charge in [0, 0.05) is 11.8 Å². The van der Waals surface area contributed by atoms with Gasteiger partial charge in [0.25, 0.3) is 0 Å². The Hall–Kier alpha value is -0.910. The Morgan fingerprint density at radius 1 is 1.36 bits per heavy atom. The summed E-state index contributed by atoms with van der Waals surface area (Å²) < 4.78 is 31.5. The zero-order chi connectivity index (χ0) is 10.9. The molecule has 0 atom stereocenters. The highest BCUT2D eigenvalue weighted by molar-refractivity contribution is 8.23. The van der Waals surface area contributed by atoms with E-state index in [0.29, 0.717) is 0 Å². The van der Waals surface area contributed by atoms with Crippen molar-refractivity contribution in [2.75, 3.05) is 6.26 Å². The highest BCUT2D eigenvalue weighted by Crippen LogP contribution is 2.44. The number of hydrogen-bond donors (Lipinski definition) is 2. The third kappa shape index (κ3) is 2.54. The summed E-state index contributed by atoms with van der Waals surface area (Å²) in [4.78, 5) is 11.0. The predicted octanol–water partition coefficient (Wildman–Crippen LogP) is 2.77. The predicted molar refractivity (Wildman–Crippen MR) is 53.4 cm³/mol. The zero-order valence-corrected chi connectivity index (χ0v) is 8.64. The Kier molecular flexibility index (Phi) is 2.94. The van der Waals surface area contributed by atoms with Crippen LogP contribution < -0.4 is 0 Å². The van der Waals surface area contributed by atoms with Crippen molar-refractivity contribution >= 4 is 16.4 Å². The Balaban J connectivity index is 3.28. The quantitative estimate of drug-likeness (QED) is 0.750. The topological polar surface area (TPSA) is 57.5 Å². The van der Waals surface area contributed by atoms with Gasteiger partial charge in [0.15, 0.2) is 5.78 Å². The lowest BCUT2D eigenvalue weighted by Crippen LogP contribution is -2.00. The van der Waals surface area contributed by atoms with Crippen LogP contribution in [0.3, 0.4) is 0 Å². The molecular formula is C9H11FO3S. The summed E-state index contributed by atoms with van der Waals surface area (Å²) in [7, 11) is -2.97. The van der Waals surface area contributed by atoms with Crippen molar-refractivity contribution < 1.29 is 18.3 Å². The van der Waals surface area contributed by atoms with E-state index >= 15 is 0 Å². The zero-order valence-electron chi connectivity index (χ0n) is 7.82. The fourth-order valence-electron chi connectivity index (χ4n) is 0.989. The lowest BCUT2D eigenvalue weighted by molar-refractivity contribution is 0.101. The molecule has 0 aromatic heterocycles. The number of carbonyl (C=O) groups is 1. The molecule has 0 radical (unpaired) electrons. The van der Waals surface area contributed by atoms with E-state index in [9.17, 15) is 18.3 Å². The Bertz CT molecular complexity index is 371. The molecule has 78 valence electrons. The molecule has 0 amide bonds. The molecule has 0 aliphatic heterocycles.